The van der Waals surface area contributed by atoms with E-state index in [-0.39, 0.29) is 5.82 Å². The van der Waals surface area contributed by atoms with E-state index in [0.29, 0.717) is 18.0 Å². The summed E-state index contributed by atoms with van der Waals surface area (Å²) in [5.74, 6) is 6.32. The molecular formula is C21H30FN5O. The van der Waals surface area contributed by atoms with E-state index in [4.69, 9.17) is 11.6 Å². The molecule has 0 aliphatic rings. The van der Waals surface area contributed by atoms with Crippen LogP contribution in [0.15, 0.2) is 60.4 Å². The Morgan fingerprint density at radius 1 is 1.18 bits per heavy atom. The summed E-state index contributed by atoms with van der Waals surface area (Å²) in [6.45, 7) is 4.32. The van der Waals surface area contributed by atoms with Crippen molar-refractivity contribution in [2.24, 2.45) is 17.5 Å². The second-order valence-electron chi connectivity index (χ2n) is 6.58. The Bertz CT molecular complexity index is 747. The molecule has 2 aromatic rings. The number of amides is 1. The molecule has 0 bridgehead atoms. The topological polar surface area (TPSA) is 96.4 Å². The van der Waals surface area contributed by atoms with Crippen molar-refractivity contribution in [1.82, 2.24) is 0 Å². The third-order valence-electron chi connectivity index (χ3n) is 3.85. The molecule has 0 saturated heterocycles. The van der Waals surface area contributed by atoms with Gasteiger partial charge in [0.1, 0.15) is 5.82 Å². The second-order valence-corrected chi connectivity index (χ2v) is 6.58. The van der Waals surface area contributed by atoms with Crippen LogP contribution in [0.3, 0.4) is 0 Å². The van der Waals surface area contributed by atoms with E-state index in [1.165, 1.54) is 11.1 Å². The van der Waals surface area contributed by atoms with Crippen LogP contribution in [0.1, 0.15) is 26.7 Å². The van der Waals surface area contributed by atoms with E-state index in [0.717, 1.165) is 29.9 Å². The van der Waals surface area contributed by atoms with Crippen molar-refractivity contribution in [3.05, 3.63) is 66.2 Å². The minimum absolute atomic E-state index is 0.208. The molecule has 0 unspecified atom stereocenters. The van der Waals surface area contributed by atoms with Gasteiger partial charge in [-0.25, -0.2) is 10.2 Å². The van der Waals surface area contributed by atoms with Gasteiger partial charge < -0.3 is 16.4 Å². The zero-order chi connectivity index (χ0) is 20.9. The summed E-state index contributed by atoms with van der Waals surface area (Å²) in [5.41, 5.74) is 8.75. The number of halogens is 1. The summed E-state index contributed by atoms with van der Waals surface area (Å²) in [7, 11) is 1.69. The molecule has 0 saturated carbocycles. The molecule has 152 valence electrons. The van der Waals surface area contributed by atoms with Crippen LogP contribution in [0.2, 0.25) is 0 Å². The van der Waals surface area contributed by atoms with Crippen LogP contribution in [0.5, 0.6) is 0 Å². The smallest absolute Gasteiger partial charge is 0.211 e. The number of allylic oxidation sites excluding steroid dienone is 1. The standard InChI is InChI=1S/C14H22N4O.C7H8FN/c1-11(2)3-4-12(15)9-18(16)14-7-5-13(6-8-14)17-10-19;1-9-7-5-3-2-4-6(7)8/h5-11H,3-4,15-16H2,1-2H3,(H,17,19);2-5,9H,1H3/b12-9-;. The summed E-state index contributed by atoms with van der Waals surface area (Å²) >= 11 is 0. The Morgan fingerprint density at radius 2 is 1.82 bits per heavy atom. The number of carbonyl (C=O) groups is 1. The molecule has 1 amide bonds. The Kier molecular flexibility index (Phi) is 10.1. The van der Waals surface area contributed by atoms with Crippen LogP contribution in [-0.4, -0.2) is 13.5 Å². The molecule has 0 aliphatic heterocycles. The Balaban J connectivity index is 0.000000362. The number of nitrogens with zero attached hydrogens (tertiary/aromatic N) is 1. The highest BCUT2D eigenvalue weighted by molar-refractivity contribution is 5.72. The number of carbonyl (C=O) groups excluding carboxylic acids is 1. The number of nitrogens with one attached hydrogen (secondary N) is 2. The van der Waals surface area contributed by atoms with Crippen molar-refractivity contribution in [2.45, 2.75) is 26.7 Å². The number of hydrazine groups is 1. The highest BCUT2D eigenvalue weighted by Gasteiger charge is 2.01. The van der Waals surface area contributed by atoms with Crippen molar-refractivity contribution in [3.8, 4) is 0 Å². The first kappa shape index (κ1) is 23.0. The highest BCUT2D eigenvalue weighted by Crippen LogP contribution is 2.17. The predicted molar refractivity (Wildman–Crippen MR) is 115 cm³/mol. The molecule has 0 fully saturated rings. The molecule has 2 rings (SSSR count). The average molecular weight is 388 g/mol. The number of anilines is 3. The van der Waals surface area contributed by atoms with Gasteiger partial charge in [0, 0.05) is 24.6 Å². The van der Waals surface area contributed by atoms with Gasteiger partial charge in [-0.2, -0.15) is 0 Å². The largest absolute Gasteiger partial charge is 0.401 e. The normalized spacial score (nSPS) is 10.7. The zero-order valence-corrected chi connectivity index (χ0v) is 16.7. The van der Waals surface area contributed by atoms with Gasteiger partial charge in [-0.3, -0.25) is 9.80 Å². The average Bonchev–Trinajstić information content (AvgIpc) is 2.68. The fourth-order valence-corrected chi connectivity index (χ4v) is 2.23. The maximum atomic E-state index is 12.5. The molecule has 0 radical (unpaired) electrons. The second kappa shape index (κ2) is 12.3. The lowest BCUT2D eigenvalue weighted by Crippen LogP contribution is -2.26. The van der Waals surface area contributed by atoms with Gasteiger partial charge in [-0.05, 0) is 55.2 Å². The fraction of sp³-hybridized carbons (Fsp3) is 0.286. The lowest BCUT2D eigenvalue weighted by molar-refractivity contribution is -0.105. The minimum atomic E-state index is -0.208. The minimum Gasteiger partial charge on any atom is -0.401 e. The molecule has 28 heavy (non-hydrogen) atoms. The SMILES string of the molecule is CC(C)CC/C(N)=C/N(N)c1ccc(NC=O)cc1.CNc1ccccc1F. The van der Waals surface area contributed by atoms with E-state index in [2.05, 4.69) is 24.5 Å². The van der Waals surface area contributed by atoms with Gasteiger partial charge in [0.05, 0.1) is 11.4 Å². The third kappa shape index (κ3) is 8.55. The van der Waals surface area contributed by atoms with Crippen LogP contribution in [0.4, 0.5) is 21.5 Å². The predicted octanol–water partition coefficient (Wildman–Crippen LogP) is 4.04. The number of hydrogen-bond acceptors (Lipinski definition) is 5. The quantitative estimate of drug-likeness (QED) is 0.311. The first-order chi connectivity index (χ1) is 13.4. The van der Waals surface area contributed by atoms with Crippen molar-refractivity contribution in [3.63, 3.8) is 0 Å². The first-order valence-corrected chi connectivity index (χ1v) is 9.10. The lowest BCUT2D eigenvalue weighted by atomic mass is 10.1. The van der Waals surface area contributed by atoms with Crippen LogP contribution >= 0.6 is 0 Å². The first-order valence-electron chi connectivity index (χ1n) is 9.10. The fourth-order valence-electron chi connectivity index (χ4n) is 2.23. The van der Waals surface area contributed by atoms with Crippen LogP contribution < -0.4 is 27.2 Å². The monoisotopic (exact) mass is 387 g/mol. The summed E-state index contributed by atoms with van der Waals surface area (Å²) in [6.07, 6.45) is 4.23. The van der Waals surface area contributed by atoms with Gasteiger partial charge in [0.25, 0.3) is 0 Å². The molecule has 2 aromatic carbocycles. The molecule has 0 spiro atoms. The highest BCUT2D eigenvalue weighted by atomic mass is 19.1. The van der Waals surface area contributed by atoms with Crippen LogP contribution in [-0.2, 0) is 4.79 Å². The number of nitrogens with two attached hydrogens (primary N) is 2. The molecule has 0 atom stereocenters. The van der Waals surface area contributed by atoms with E-state index >= 15 is 0 Å². The van der Waals surface area contributed by atoms with Crippen molar-refractivity contribution in [1.29, 1.82) is 0 Å². The summed E-state index contributed by atoms with van der Waals surface area (Å²) in [4.78, 5) is 10.3. The Hall–Kier alpha value is -3.06. The number of rotatable bonds is 8. The molecular weight excluding hydrogens is 357 g/mol. The van der Waals surface area contributed by atoms with E-state index in [1.54, 1.807) is 43.6 Å². The van der Waals surface area contributed by atoms with Crippen molar-refractivity contribution >= 4 is 23.5 Å². The molecule has 6 nitrogen and oxygen atoms in total. The summed E-state index contributed by atoms with van der Waals surface area (Å²) < 4.78 is 12.5. The van der Waals surface area contributed by atoms with Gasteiger partial charge in [-0.1, -0.05) is 26.0 Å². The summed E-state index contributed by atoms with van der Waals surface area (Å²) in [5, 5.41) is 6.77. The number of hydrogen-bond donors (Lipinski definition) is 4. The Morgan fingerprint density at radius 3 is 2.32 bits per heavy atom. The van der Waals surface area contributed by atoms with E-state index < -0.39 is 0 Å². The van der Waals surface area contributed by atoms with Gasteiger partial charge in [0.2, 0.25) is 6.41 Å². The molecule has 7 heteroatoms. The van der Waals surface area contributed by atoms with E-state index in [9.17, 15) is 9.18 Å². The molecule has 6 N–H and O–H groups in total. The lowest BCUT2D eigenvalue weighted by Gasteiger charge is -2.16. The summed E-state index contributed by atoms with van der Waals surface area (Å²) in [6, 6.07) is 13.8. The number of benzene rings is 2. The zero-order valence-electron chi connectivity index (χ0n) is 16.7. The molecule has 0 aromatic heterocycles. The van der Waals surface area contributed by atoms with Crippen molar-refractivity contribution < 1.29 is 9.18 Å². The Labute approximate surface area is 166 Å². The number of para-hydroxylation sites is 1. The molecule has 0 aliphatic carbocycles. The van der Waals surface area contributed by atoms with Gasteiger partial charge >= 0.3 is 0 Å². The van der Waals surface area contributed by atoms with Crippen LogP contribution in [0, 0.1) is 11.7 Å². The van der Waals surface area contributed by atoms with Crippen LogP contribution in [0.25, 0.3) is 0 Å². The third-order valence-corrected chi connectivity index (χ3v) is 3.85. The van der Waals surface area contributed by atoms with E-state index in [1.807, 2.05) is 12.1 Å². The van der Waals surface area contributed by atoms with Gasteiger partial charge in [0.15, 0.2) is 0 Å². The van der Waals surface area contributed by atoms with Gasteiger partial charge in [-0.15, -0.1) is 0 Å². The molecule has 0 heterocycles. The van der Waals surface area contributed by atoms with Crippen molar-refractivity contribution in [2.75, 3.05) is 22.7 Å². The maximum Gasteiger partial charge on any atom is 0.211 e. The maximum absolute atomic E-state index is 12.5.